The normalized spacial score (nSPS) is 14.4. The molecule has 0 spiro atoms. The predicted molar refractivity (Wildman–Crippen MR) is 162 cm³/mol. The molecule has 9 nitrogen and oxygen atoms in total. The lowest BCUT2D eigenvalue weighted by molar-refractivity contribution is 0.237. The van der Waals surface area contributed by atoms with Gasteiger partial charge in [-0.1, -0.05) is 23.7 Å². The minimum atomic E-state index is -1.24. The van der Waals surface area contributed by atoms with Crippen LogP contribution in [0.4, 0.5) is 28.8 Å². The Morgan fingerprint density at radius 2 is 1.77 bits per heavy atom. The number of halogens is 1. The number of para-hydroxylation sites is 1. The van der Waals surface area contributed by atoms with Crippen LogP contribution in [0.25, 0.3) is 0 Å². The topological polar surface area (TPSA) is 84.0 Å². The molecular weight excluding hydrogens is 535 g/mol. The van der Waals surface area contributed by atoms with E-state index in [1.54, 1.807) is 20.4 Å². The van der Waals surface area contributed by atoms with Gasteiger partial charge in [-0.15, -0.1) is 0 Å². The van der Waals surface area contributed by atoms with Gasteiger partial charge in [-0.25, -0.2) is 4.98 Å². The van der Waals surface area contributed by atoms with E-state index in [1.807, 2.05) is 50.2 Å². The summed E-state index contributed by atoms with van der Waals surface area (Å²) < 4.78 is 17.3. The number of anilines is 5. The maximum atomic E-state index is 6.47. The number of hydrogen-bond acceptors (Lipinski definition) is 9. The van der Waals surface area contributed by atoms with Gasteiger partial charge in [-0.3, -0.25) is 0 Å². The second-order valence-electron chi connectivity index (χ2n) is 9.81. The van der Waals surface area contributed by atoms with Gasteiger partial charge in [0.25, 0.3) is 0 Å². The molecule has 0 saturated carbocycles. The van der Waals surface area contributed by atoms with Gasteiger partial charge in [0, 0.05) is 45.1 Å². The van der Waals surface area contributed by atoms with Crippen molar-refractivity contribution in [3.63, 3.8) is 0 Å². The first kappa shape index (κ1) is 29.3. The van der Waals surface area contributed by atoms with Gasteiger partial charge >= 0.3 is 0 Å². The van der Waals surface area contributed by atoms with Crippen molar-refractivity contribution < 1.29 is 13.8 Å². The SMILES string of the molecule is COP(OC)c1ccccc1Nc1nc(Nc2ccc(N3CCC(N(C)C)CC3)c(OC(C)C)c2)ncc1Cl. The summed E-state index contributed by atoms with van der Waals surface area (Å²) in [5, 5.41) is 7.92. The third-order valence-corrected chi connectivity index (χ3v) is 8.27. The summed E-state index contributed by atoms with van der Waals surface area (Å²) in [6.45, 7) is 6.07. The van der Waals surface area contributed by atoms with Crippen molar-refractivity contribution in [3.8, 4) is 5.75 Å². The van der Waals surface area contributed by atoms with Crippen LogP contribution in [0.2, 0.25) is 5.02 Å². The van der Waals surface area contributed by atoms with Crippen LogP contribution < -0.4 is 25.6 Å². The molecule has 0 aliphatic carbocycles. The molecule has 0 unspecified atom stereocenters. The monoisotopic (exact) mass is 572 g/mol. The van der Waals surface area contributed by atoms with Crippen molar-refractivity contribution in [2.45, 2.75) is 38.8 Å². The second-order valence-corrected chi connectivity index (χ2v) is 11.9. The van der Waals surface area contributed by atoms with E-state index >= 15 is 0 Å². The summed E-state index contributed by atoms with van der Waals surface area (Å²) in [4.78, 5) is 13.8. The van der Waals surface area contributed by atoms with Gasteiger partial charge in [0.2, 0.25) is 14.3 Å². The Hall–Kier alpha value is -2.68. The molecule has 1 saturated heterocycles. The molecule has 0 atom stereocenters. The highest BCUT2D eigenvalue weighted by molar-refractivity contribution is 7.56. The van der Waals surface area contributed by atoms with E-state index in [9.17, 15) is 0 Å². The molecule has 2 N–H and O–H groups in total. The van der Waals surface area contributed by atoms with E-state index in [-0.39, 0.29) is 6.10 Å². The first-order chi connectivity index (χ1) is 18.8. The van der Waals surface area contributed by atoms with Gasteiger partial charge in [0.15, 0.2) is 5.82 Å². The van der Waals surface area contributed by atoms with E-state index in [0.29, 0.717) is 22.8 Å². The van der Waals surface area contributed by atoms with Crippen LogP contribution in [0.3, 0.4) is 0 Å². The number of aromatic nitrogens is 2. The Labute approximate surface area is 237 Å². The Morgan fingerprint density at radius 3 is 2.44 bits per heavy atom. The molecular formula is C28H38ClN6O3P. The standard InChI is InChI=1S/C28H38ClN6O3P/c1-19(2)38-25-17-20(11-12-24(25)35-15-13-21(14-16-35)34(3)4)31-28-30-18-22(29)27(33-28)32-23-9-7-8-10-26(23)39(36-5)37-6/h7-12,17-19,21H,13-16H2,1-6H3,(H2,30,31,32,33). The summed E-state index contributed by atoms with van der Waals surface area (Å²) in [6.07, 6.45) is 3.88. The number of ether oxygens (including phenoxy) is 1. The third kappa shape index (κ3) is 7.50. The zero-order chi connectivity index (χ0) is 27.9. The summed E-state index contributed by atoms with van der Waals surface area (Å²) >= 11 is 6.47. The molecule has 11 heteroatoms. The van der Waals surface area contributed by atoms with Crippen LogP contribution in [-0.2, 0) is 9.05 Å². The lowest BCUT2D eigenvalue weighted by Crippen LogP contribution is -2.42. The highest BCUT2D eigenvalue weighted by Gasteiger charge is 2.23. The minimum Gasteiger partial charge on any atom is -0.489 e. The van der Waals surface area contributed by atoms with Crippen molar-refractivity contribution in [3.05, 3.63) is 53.7 Å². The average Bonchev–Trinajstić information content (AvgIpc) is 2.92. The lowest BCUT2D eigenvalue weighted by Gasteiger charge is -2.37. The molecule has 39 heavy (non-hydrogen) atoms. The highest BCUT2D eigenvalue weighted by Crippen LogP contribution is 2.39. The summed E-state index contributed by atoms with van der Waals surface area (Å²) in [5.74, 6) is 1.73. The molecule has 4 rings (SSSR count). The van der Waals surface area contributed by atoms with E-state index < -0.39 is 8.38 Å². The van der Waals surface area contributed by atoms with Crippen molar-refractivity contribution in [2.75, 3.05) is 56.9 Å². The zero-order valence-corrected chi connectivity index (χ0v) is 25.1. The number of rotatable bonds is 11. The van der Waals surface area contributed by atoms with Gasteiger partial charge in [-0.2, -0.15) is 4.98 Å². The molecule has 0 amide bonds. The molecule has 1 fully saturated rings. The Kier molecular flexibility index (Phi) is 10.2. The number of hydrogen-bond donors (Lipinski definition) is 2. The van der Waals surface area contributed by atoms with Crippen molar-refractivity contribution in [1.29, 1.82) is 0 Å². The Morgan fingerprint density at radius 1 is 1.05 bits per heavy atom. The lowest BCUT2D eigenvalue weighted by atomic mass is 10.0. The molecule has 210 valence electrons. The fourth-order valence-corrected chi connectivity index (χ4v) is 5.82. The van der Waals surface area contributed by atoms with Gasteiger partial charge in [-0.05, 0) is 65.0 Å². The minimum absolute atomic E-state index is 0.0469. The average molecular weight is 573 g/mol. The molecule has 1 aromatic heterocycles. The van der Waals surface area contributed by atoms with Crippen molar-refractivity contribution >= 4 is 54.1 Å². The van der Waals surface area contributed by atoms with E-state index in [1.165, 1.54) is 0 Å². The molecule has 1 aliphatic rings. The maximum Gasteiger partial charge on any atom is 0.229 e. The molecule has 0 bridgehead atoms. The van der Waals surface area contributed by atoms with Gasteiger partial charge in [0.05, 0.1) is 29.0 Å². The van der Waals surface area contributed by atoms with Crippen LogP contribution >= 0.6 is 20.0 Å². The Balaban J connectivity index is 1.55. The molecule has 0 radical (unpaired) electrons. The van der Waals surface area contributed by atoms with Gasteiger partial charge < -0.3 is 34.2 Å². The van der Waals surface area contributed by atoms with E-state index in [0.717, 1.165) is 54.0 Å². The second kappa shape index (κ2) is 13.6. The van der Waals surface area contributed by atoms with Crippen LogP contribution in [0.1, 0.15) is 26.7 Å². The Bertz CT molecular complexity index is 1240. The highest BCUT2D eigenvalue weighted by atomic mass is 35.5. The van der Waals surface area contributed by atoms with Crippen LogP contribution in [0.5, 0.6) is 5.75 Å². The zero-order valence-electron chi connectivity index (χ0n) is 23.4. The first-order valence-electron chi connectivity index (χ1n) is 13.0. The molecule has 3 aromatic rings. The fourth-order valence-electron chi connectivity index (χ4n) is 4.61. The summed E-state index contributed by atoms with van der Waals surface area (Å²) in [7, 11) is 6.33. The summed E-state index contributed by atoms with van der Waals surface area (Å²) in [6, 6.07) is 14.5. The molecule has 2 aromatic carbocycles. The number of nitrogens with zero attached hydrogens (tertiary/aromatic N) is 4. The van der Waals surface area contributed by atoms with Crippen molar-refractivity contribution in [2.24, 2.45) is 0 Å². The number of nitrogens with one attached hydrogen (secondary N) is 2. The van der Waals surface area contributed by atoms with Crippen molar-refractivity contribution in [1.82, 2.24) is 14.9 Å². The summed E-state index contributed by atoms with van der Waals surface area (Å²) in [5.41, 5.74) is 2.73. The smallest absolute Gasteiger partial charge is 0.229 e. The van der Waals surface area contributed by atoms with Gasteiger partial charge in [0.1, 0.15) is 10.8 Å². The van der Waals surface area contributed by atoms with E-state index in [2.05, 4.69) is 50.6 Å². The predicted octanol–water partition coefficient (Wildman–Crippen LogP) is 6.16. The number of piperidine rings is 1. The quantitative estimate of drug-likeness (QED) is 0.262. The number of benzene rings is 2. The van der Waals surface area contributed by atoms with Crippen LogP contribution in [0.15, 0.2) is 48.7 Å². The first-order valence-corrected chi connectivity index (χ1v) is 14.6. The van der Waals surface area contributed by atoms with Crippen LogP contribution in [-0.4, -0.2) is 68.4 Å². The van der Waals surface area contributed by atoms with E-state index in [4.69, 9.17) is 25.4 Å². The molecule has 2 heterocycles. The van der Waals surface area contributed by atoms with Crippen LogP contribution in [0, 0.1) is 0 Å². The third-order valence-electron chi connectivity index (χ3n) is 6.54. The maximum absolute atomic E-state index is 6.47. The molecule has 1 aliphatic heterocycles. The largest absolute Gasteiger partial charge is 0.489 e. The fraction of sp³-hybridized carbons (Fsp3) is 0.429.